The quantitative estimate of drug-likeness (QED) is 0.259. The standard InChI is InChI=1S/C26H50O6/c1-21(31-26-24(28)20-23(27)22(2)32-26)18-16-14-12-10-8-6-4-3-5-7-9-11-13-15-17-19-25(29)30/h21-24,26-28H,3-20H2,1-2H3,(H,29,30)/p-1/t21-,22+,23-,24-,26-/m1/s1. The zero-order valence-corrected chi connectivity index (χ0v) is 20.6. The van der Waals surface area contributed by atoms with Crippen molar-refractivity contribution < 1.29 is 29.6 Å². The van der Waals surface area contributed by atoms with Crippen LogP contribution >= 0.6 is 0 Å². The Morgan fingerprint density at radius 2 is 1.28 bits per heavy atom. The van der Waals surface area contributed by atoms with Crippen LogP contribution < -0.4 is 5.11 Å². The van der Waals surface area contributed by atoms with Crippen molar-refractivity contribution in [1.29, 1.82) is 0 Å². The van der Waals surface area contributed by atoms with Crippen LogP contribution in [-0.2, 0) is 14.3 Å². The lowest BCUT2D eigenvalue weighted by atomic mass is 10.0. The third kappa shape index (κ3) is 15.2. The van der Waals surface area contributed by atoms with E-state index >= 15 is 0 Å². The normalized spacial score (nSPS) is 24.5. The van der Waals surface area contributed by atoms with Gasteiger partial charge in [-0.2, -0.15) is 0 Å². The summed E-state index contributed by atoms with van der Waals surface area (Å²) in [5.41, 5.74) is 0. The summed E-state index contributed by atoms with van der Waals surface area (Å²) in [5, 5.41) is 30.0. The van der Waals surface area contributed by atoms with Gasteiger partial charge in [0.15, 0.2) is 6.29 Å². The first-order valence-corrected chi connectivity index (χ1v) is 13.3. The van der Waals surface area contributed by atoms with Crippen LogP contribution in [0.4, 0.5) is 0 Å². The van der Waals surface area contributed by atoms with Crippen molar-refractivity contribution in [3.63, 3.8) is 0 Å². The highest BCUT2D eigenvalue weighted by Gasteiger charge is 2.35. The van der Waals surface area contributed by atoms with Gasteiger partial charge in [0.2, 0.25) is 0 Å². The summed E-state index contributed by atoms with van der Waals surface area (Å²) in [6, 6.07) is 0. The third-order valence-corrected chi connectivity index (χ3v) is 6.55. The molecule has 1 aliphatic rings. The van der Waals surface area contributed by atoms with Crippen molar-refractivity contribution in [1.82, 2.24) is 0 Å². The van der Waals surface area contributed by atoms with Crippen LogP contribution in [0.5, 0.6) is 0 Å². The van der Waals surface area contributed by atoms with Crippen molar-refractivity contribution in [3.8, 4) is 0 Å². The molecule has 6 heteroatoms. The molecule has 0 aliphatic carbocycles. The van der Waals surface area contributed by atoms with E-state index in [0.717, 1.165) is 32.1 Å². The molecule has 0 spiro atoms. The predicted octanol–water partition coefficient (Wildman–Crippen LogP) is 4.63. The molecule has 5 atom stereocenters. The molecule has 2 N–H and O–H groups in total. The average Bonchev–Trinajstić information content (AvgIpc) is 2.74. The van der Waals surface area contributed by atoms with Gasteiger partial charge >= 0.3 is 0 Å². The molecule has 0 radical (unpaired) electrons. The number of carboxylic acid groups (broad SMARTS) is 1. The number of aliphatic carboxylic acids is 1. The minimum atomic E-state index is -0.923. The van der Waals surface area contributed by atoms with E-state index in [0.29, 0.717) is 6.42 Å². The zero-order valence-electron chi connectivity index (χ0n) is 20.6. The number of hydrogen-bond donors (Lipinski definition) is 2. The lowest BCUT2D eigenvalue weighted by Gasteiger charge is -2.36. The lowest BCUT2D eigenvalue weighted by Crippen LogP contribution is -2.48. The molecule has 0 unspecified atom stereocenters. The lowest BCUT2D eigenvalue weighted by molar-refractivity contribution is -0.305. The molecule has 1 aliphatic heterocycles. The molecule has 0 aromatic heterocycles. The van der Waals surface area contributed by atoms with Crippen molar-refractivity contribution in [2.45, 2.75) is 160 Å². The number of aliphatic hydroxyl groups excluding tert-OH is 2. The Morgan fingerprint density at radius 3 is 1.75 bits per heavy atom. The van der Waals surface area contributed by atoms with E-state index < -0.39 is 24.5 Å². The second-order valence-electron chi connectivity index (χ2n) is 9.74. The average molecular weight is 458 g/mol. The molecule has 1 fully saturated rings. The second-order valence-corrected chi connectivity index (χ2v) is 9.74. The molecule has 0 bridgehead atoms. The van der Waals surface area contributed by atoms with Gasteiger partial charge in [0.25, 0.3) is 0 Å². The summed E-state index contributed by atoms with van der Waals surface area (Å²) in [4.78, 5) is 10.3. The van der Waals surface area contributed by atoms with Gasteiger partial charge in [-0.05, 0) is 33.1 Å². The van der Waals surface area contributed by atoms with Gasteiger partial charge in [0.05, 0.1) is 18.3 Å². The van der Waals surface area contributed by atoms with Gasteiger partial charge in [-0.15, -0.1) is 0 Å². The van der Waals surface area contributed by atoms with Crippen LogP contribution in [0.2, 0.25) is 0 Å². The number of rotatable bonds is 20. The van der Waals surface area contributed by atoms with Gasteiger partial charge in [-0.25, -0.2) is 0 Å². The van der Waals surface area contributed by atoms with Crippen molar-refractivity contribution in [2.24, 2.45) is 0 Å². The van der Waals surface area contributed by atoms with Gasteiger partial charge in [-0.3, -0.25) is 0 Å². The van der Waals surface area contributed by atoms with Gasteiger partial charge in [-0.1, -0.05) is 89.9 Å². The highest BCUT2D eigenvalue weighted by Crippen LogP contribution is 2.23. The molecule has 1 saturated heterocycles. The van der Waals surface area contributed by atoms with Gasteiger partial charge in [0.1, 0.15) is 6.10 Å². The number of hydrogen-bond acceptors (Lipinski definition) is 6. The minimum Gasteiger partial charge on any atom is -0.550 e. The Balaban J connectivity index is 1.81. The van der Waals surface area contributed by atoms with E-state index in [2.05, 4.69) is 0 Å². The maximum absolute atomic E-state index is 10.3. The monoisotopic (exact) mass is 457 g/mol. The van der Waals surface area contributed by atoms with Gasteiger partial charge in [0, 0.05) is 12.4 Å². The number of unbranched alkanes of at least 4 members (excludes halogenated alkanes) is 14. The number of ether oxygens (including phenoxy) is 2. The predicted molar refractivity (Wildman–Crippen MR) is 125 cm³/mol. The fourth-order valence-electron chi connectivity index (χ4n) is 4.36. The summed E-state index contributed by atoms with van der Waals surface area (Å²) in [5.74, 6) is -0.923. The van der Waals surface area contributed by atoms with Crippen molar-refractivity contribution in [2.75, 3.05) is 0 Å². The van der Waals surface area contributed by atoms with E-state index in [1.54, 1.807) is 0 Å². The molecule has 0 saturated carbocycles. The highest BCUT2D eigenvalue weighted by atomic mass is 16.7. The van der Waals surface area contributed by atoms with Crippen LogP contribution in [0.25, 0.3) is 0 Å². The van der Waals surface area contributed by atoms with E-state index in [4.69, 9.17) is 9.47 Å². The van der Waals surface area contributed by atoms with Crippen LogP contribution in [0.3, 0.4) is 0 Å². The van der Waals surface area contributed by atoms with E-state index in [9.17, 15) is 20.1 Å². The Labute approximate surface area is 196 Å². The van der Waals surface area contributed by atoms with Crippen LogP contribution in [0.15, 0.2) is 0 Å². The topological polar surface area (TPSA) is 99.1 Å². The van der Waals surface area contributed by atoms with Crippen molar-refractivity contribution >= 4 is 5.97 Å². The van der Waals surface area contributed by atoms with E-state index in [-0.39, 0.29) is 18.6 Å². The number of carboxylic acids is 1. The molecule has 32 heavy (non-hydrogen) atoms. The van der Waals surface area contributed by atoms with Gasteiger partial charge < -0.3 is 29.6 Å². The molecule has 1 heterocycles. The first-order valence-electron chi connectivity index (χ1n) is 13.3. The fourth-order valence-corrected chi connectivity index (χ4v) is 4.36. The zero-order chi connectivity index (χ0) is 23.6. The molecular formula is C26H49O6-. The maximum atomic E-state index is 10.3. The molecule has 190 valence electrons. The van der Waals surface area contributed by atoms with Crippen LogP contribution in [-0.4, -0.2) is 46.9 Å². The van der Waals surface area contributed by atoms with E-state index in [1.807, 2.05) is 13.8 Å². The van der Waals surface area contributed by atoms with Crippen molar-refractivity contribution in [3.05, 3.63) is 0 Å². The molecule has 0 amide bonds. The molecule has 0 aromatic rings. The highest BCUT2D eigenvalue weighted by molar-refractivity contribution is 5.64. The molecule has 6 nitrogen and oxygen atoms in total. The largest absolute Gasteiger partial charge is 0.550 e. The molecule has 0 aromatic carbocycles. The number of carbonyl (C=O) groups excluding carboxylic acids is 1. The summed E-state index contributed by atoms with van der Waals surface area (Å²) in [6.45, 7) is 3.84. The van der Waals surface area contributed by atoms with E-state index in [1.165, 1.54) is 70.6 Å². The second kappa shape index (κ2) is 18.7. The SMILES string of the molecule is C[C@H](CCCCCCCCCCCCCCCCCC(=O)[O-])O[C@@H]1O[C@@H](C)[C@H](O)C[C@H]1O. The molecular weight excluding hydrogens is 408 g/mol. The maximum Gasteiger partial charge on any atom is 0.184 e. The Bertz CT molecular complexity index is 458. The smallest absolute Gasteiger partial charge is 0.184 e. The number of aliphatic hydroxyl groups is 2. The Morgan fingerprint density at radius 1 is 0.844 bits per heavy atom. The fraction of sp³-hybridized carbons (Fsp3) is 0.962. The number of carbonyl (C=O) groups is 1. The van der Waals surface area contributed by atoms with Crippen LogP contribution in [0, 0.1) is 0 Å². The first kappa shape index (κ1) is 29.3. The Hall–Kier alpha value is -0.690. The Kier molecular flexibility index (Phi) is 17.2. The minimum absolute atomic E-state index is 0.0548. The summed E-state index contributed by atoms with van der Waals surface area (Å²) >= 11 is 0. The molecule has 1 rings (SSSR count). The third-order valence-electron chi connectivity index (χ3n) is 6.55. The van der Waals surface area contributed by atoms with Crippen LogP contribution in [0.1, 0.15) is 129 Å². The summed E-state index contributed by atoms with van der Waals surface area (Å²) in [6.07, 6.45) is 17.6. The first-order chi connectivity index (χ1) is 15.4. The summed E-state index contributed by atoms with van der Waals surface area (Å²) < 4.78 is 11.4. The summed E-state index contributed by atoms with van der Waals surface area (Å²) in [7, 11) is 0.